The lowest BCUT2D eigenvalue weighted by atomic mass is 10.1. The molecule has 1 N–H and O–H groups in total. The predicted molar refractivity (Wildman–Crippen MR) is 102 cm³/mol. The van der Waals surface area contributed by atoms with Gasteiger partial charge in [-0.3, -0.25) is 9.69 Å². The van der Waals surface area contributed by atoms with Crippen LogP contribution in [0.15, 0.2) is 39.5 Å². The monoisotopic (exact) mass is 389 g/mol. The number of nitrogens with zero attached hydrogens (tertiary/aromatic N) is 2. The zero-order valence-electron chi connectivity index (χ0n) is 14.2. The lowest BCUT2D eigenvalue weighted by Gasteiger charge is -2.26. The Morgan fingerprint density at radius 1 is 1.27 bits per heavy atom. The van der Waals surface area contributed by atoms with Crippen molar-refractivity contribution >= 4 is 23.2 Å². The first kappa shape index (κ1) is 17.3. The van der Waals surface area contributed by atoms with Crippen molar-refractivity contribution in [3.8, 4) is 11.3 Å². The highest BCUT2D eigenvalue weighted by Crippen LogP contribution is 2.32. The molecule has 0 saturated heterocycles. The van der Waals surface area contributed by atoms with Crippen LogP contribution in [0.1, 0.15) is 22.8 Å². The van der Waals surface area contributed by atoms with E-state index < -0.39 is 0 Å². The van der Waals surface area contributed by atoms with E-state index in [0.29, 0.717) is 34.7 Å². The van der Waals surface area contributed by atoms with Crippen LogP contribution in [0.25, 0.3) is 11.3 Å². The summed E-state index contributed by atoms with van der Waals surface area (Å²) in [7, 11) is 0. The van der Waals surface area contributed by atoms with Crippen molar-refractivity contribution in [3.63, 3.8) is 0 Å². The lowest BCUT2D eigenvalue weighted by molar-refractivity contribution is 0.223. The number of nitrogens with one attached hydrogen (secondary N) is 1. The van der Waals surface area contributed by atoms with E-state index in [-0.39, 0.29) is 5.56 Å². The maximum atomic E-state index is 12.2. The van der Waals surface area contributed by atoms with Gasteiger partial charge in [0.1, 0.15) is 17.3 Å². The summed E-state index contributed by atoms with van der Waals surface area (Å²) in [6.07, 6.45) is 0.758. The molecule has 0 fully saturated rings. The SMILES string of the molecule is Cc1nc2c(c(=O)[nH]1)CN(Cc1ccc(-c3cc(Cl)ccc3Cl)o1)CC2. The Bertz CT molecular complexity index is 1030. The Hall–Kier alpha value is -2.08. The summed E-state index contributed by atoms with van der Waals surface area (Å²) < 4.78 is 5.96. The van der Waals surface area contributed by atoms with E-state index in [2.05, 4.69) is 14.9 Å². The molecule has 1 aliphatic heterocycles. The average molecular weight is 390 g/mol. The van der Waals surface area contributed by atoms with E-state index in [9.17, 15) is 4.79 Å². The van der Waals surface area contributed by atoms with Crippen LogP contribution in [0.4, 0.5) is 0 Å². The number of aromatic nitrogens is 2. The van der Waals surface area contributed by atoms with E-state index in [1.54, 1.807) is 25.1 Å². The minimum absolute atomic E-state index is 0.0527. The van der Waals surface area contributed by atoms with Crippen molar-refractivity contribution in [1.29, 1.82) is 0 Å². The first-order valence-corrected chi connectivity index (χ1v) is 9.10. The van der Waals surface area contributed by atoms with Crippen LogP contribution in [-0.2, 0) is 19.5 Å². The van der Waals surface area contributed by atoms with Gasteiger partial charge in [0.05, 0.1) is 22.8 Å². The number of halogens is 2. The highest BCUT2D eigenvalue weighted by molar-refractivity contribution is 6.35. The molecule has 4 rings (SSSR count). The first-order chi connectivity index (χ1) is 12.5. The topological polar surface area (TPSA) is 62.1 Å². The quantitative estimate of drug-likeness (QED) is 0.728. The van der Waals surface area contributed by atoms with Gasteiger partial charge in [-0.15, -0.1) is 0 Å². The van der Waals surface area contributed by atoms with Gasteiger partial charge in [0.15, 0.2) is 0 Å². The molecule has 0 amide bonds. The molecule has 1 aromatic carbocycles. The Labute approximate surface area is 160 Å². The van der Waals surface area contributed by atoms with Crippen LogP contribution in [0.2, 0.25) is 10.0 Å². The normalized spacial score (nSPS) is 14.4. The smallest absolute Gasteiger partial charge is 0.255 e. The van der Waals surface area contributed by atoms with Gasteiger partial charge in [-0.1, -0.05) is 23.2 Å². The largest absolute Gasteiger partial charge is 0.460 e. The highest BCUT2D eigenvalue weighted by Gasteiger charge is 2.21. The summed E-state index contributed by atoms with van der Waals surface area (Å²) >= 11 is 12.3. The minimum Gasteiger partial charge on any atom is -0.460 e. The van der Waals surface area contributed by atoms with Crippen LogP contribution in [0.5, 0.6) is 0 Å². The van der Waals surface area contributed by atoms with Crippen molar-refractivity contribution in [1.82, 2.24) is 14.9 Å². The summed E-state index contributed by atoms with van der Waals surface area (Å²) in [5.41, 5.74) is 2.36. The molecule has 3 aromatic rings. The number of H-pyrrole nitrogens is 1. The van der Waals surface area contributed by atoms with Crippen LogP contribution in [0.3, 0.4) is 0 Å². The zero-order valence-corrected chi connectivity index (χ0v) is 15.7. The van der Waals surface area contributed by atoms with E-state index in [1.165, 1.54) is 0 Å². The standard InChI is InChI=1S/C19H17Cl2N3O2/c1-11-22-17-6-7-24(10-15(17)19(25)23-11)9-13-3-5-18(26-13)14-8-12(20)2-4-16(14)21/h2-5,8H,6-7,9-10H2,1H3,(H,22,23,25). The lowest BCUT2D eigenvalue weighted by Crippen LogP contribution is -2.35. The van der Waals surface area contributed by atoms with Gasteiger partial charge in [0, 0.05) is 30.1 Å². The maximum Gasteiger partial charge on any atom is 0.255 e. The van der Waals surface area contributed by atoms with Crippen LogP contribution in [0, 0.1) is 6.92 Å². The molecule has 0 saturated carbocycles. The average Bonchev–Trinajstić information content (AvgIpc) is 3.06. The number of furan rings is 1. The third-order valence-corrected chi connectivity index (χ3v) is 5.07. The van der Waals surface area contributed by atoms with Crippen molar-refractivity contribution < 1.29 is 4.42 Å². The van der Waals surface area contributed by atoms with Crippen molar-refractivity contribution in [2.45, 2.75) is 26.4 Å². The number of aromatic amines is 1. The molecule has 26 heavy (non-hydrogen) atoms. The molecule has 0 atom stereocenters. The molecule has 5 nitrogen and oxygen atoms in total. The van der Waals surface area contributed by atoms with Gasteiger partial charge >= 0.3 is 0 Å². The highest BCUT2D eigenvalue weighted by atomic mass is 35.5. The summed E-state index contributed by atoms with van der Waals surface area (Å²) in [5.74, 6) is 2.16. The van der Waals surface area contributed by atoms with E-state index in [1.807, 2.05) is 12.1 Å². The fourth-order valence-corrected chi connectivity index (χ4v) is 3.64. The molecule has 0 unspecified atom stereocenters. The number of fused-ring (bicyclic) bond motifs is 1. The fourth-order valence-electron chi connectivity index (χ4n) is 3.25. The van der Waals surface area contributed by atoms with Gasteiger partial charge in [0.2, 0.25) is 0 Å². The molecule has 0 bridgehead atoms. The second kappa shape index (κ2) is 6.91. The van der Waals surface area contributed by atoms with Gasteiger partial charge in [0.25, 0.3) is 5.56 Å². The first-order valence-electron chi connectivity index (χ1n) is 8.35. The number of benzene rings is 1. The summed E-state index contributed by atoms with van der Waals surface area (Å²) in [5, 5.41) is 1.20. The third kappa shape index (κ3) is 3.43. The molecular formula is C19H17Cl2N3O2. The summed E-state index contributed by atoms with van der Waals surface area (Å²) in [6.45, 7) is 3.81. The molecule has 0 spiro atoms. The van der Waals surface area contributed by atoms with Crippen LogP contribution >= 0.6 is 23.2 Å². The Kier molecular flexibility index (Phi) is 4.61. The molecule has 3 heterocycles. The second-order valence-corrected chi connectivity index (χ2v) is 7.27. The Balaban J connectivity index is 1.53. The Morgan fingerprint density at radius 3 is 2.96 bits per heavy atom. The minimum atomic E-state index is -0.0527. The van der Waals surface area contributed by atoms with E-state index in [4.69, 9.17) is 27.6 Å². The van der Waals surface area contributed by atoms with Gasteiger partial charge in [-0.25, -0.2) is 4.98 Å². The summed E-state index contributed by atoms with van der Waals surface area (Å²) in [6, 6.07) is 9.11. The third-order valence-electron chi connectivity index (χ3n) is 4.50. The van der Waals surface area contributed by atoms with Crippen molar-refractivity contribution in [3.05, 3.63) is 73.6 Å². The Morgan fingerprint density at radius 2 is 2.12 bits per heavy atom. The molecule has 7 heteroatoms. The molecule has 0 aliphatic carbocycles. The predicted octanol–water partition coefficient (Wildman–Crippen LogP) is 4.20. The molecule has 0 radical (unpaired) electrons. The van der Waals surface area contributed by atoms with Gasteiger partial charge in [-0.05, 0) is 37.3 Å². The second-order valence-electron chi connectivity index (χ2n) is 6.43. The van der Waals surface area contributed by atoms with Crippen molar-refractivity contribution in [2.24, 2.45) is 0 Å². The molecule has 1 aliphatic rings. The van der Waals surface area contributed by atoms with Gasteiger partial charge < -0.3 is 9.40 Å². The number of hydrogen-bond acceptors (Lipinski definition) is 4. The van der Waals surface area contributed by atoms with Crippen LogP contribution < -0.4 is 5.56 Å². The van der Waals surface area contributed by atoms with Gasteiger partial charge in [-0.2, -0.15) is 0 Å². The van der Waals surface area contributed by atoms with E-state index >= 15 is 0 Å². The zero-order chi connectivity index (χ0) is 18.3. The molecular weight excluding hydrogens is 373 g/mol. The van der Waals surface area contributed by atoms with E-state index in [0.717, 1.165) is 35.5 Å². The van der Waals surface area contributed by atoms with Crippen molar-refractivity contribution in [2.75, 3.05) is 6.54 Å². The molecule has 2 aromatic heterocycles. The molecule has 134 valence electrons. The summed E-state index contributed by atoms with van der Waals surface area (Å²) in [4.78, 5) is 21.6. The fraction of sp³-hybridized carbons (Fsp3) is 0.263. The number of aryl methyl sites for hydroxylation is 1. The number of rotatable bonds is 3. The maximum absolute atomic E-state index is 12.2. The number of hydrogen-bond donors (Lipinski definition) is 1. The van der Waals surface area contributed by atoms with Crippen LogP contribution in [-0.4, -0.2) is 21.4 Å².